The zero-order valence-corrected chi connectivity index (χ0v) is 11.7. The van der Waals surface area contributed by atoms with Gasteiger partial charge in [0.25, 0.3) is 0 Å². The molecule has 0 radical (unpaired) electrons. The zero-order chi connectivity index (χ0) is 15.4. The molecule has 0 unspecified atom stereocenters. The number of carbonyl (C=O) groups is 1. The van der Waals surface area contributed by atoms with Crippen LogP contribution in [0.3, 0.4) is 0 Å². The Morgan fingerprint density at radius 3 is 2.29 bits per heavy atom. The number of rotatable bonds is 3. The predicted octanol–water partition coefficient (Wildman–Crippen LogP) is 4.20. The van der Waals surface area contributed by atoms with E-state index in [-0.39, 0.29) is 11.3 Å². The Kier molecular flexibility index (Phi) is 4.65. The van der Waals surface area contributed by atoms with Crippen molar-refractivity contribution in [2.24, 2.45) is 5.16 Å². The molecule has 0 amide bonds. The normalized spacial score (nSPS) is 11.3. The van der Waals surface area contributed by atoms with Crippen molar-refractivity contribution in [2.75, 3.05) is 0 Å². The fraction of sp³-hybridized carbons (Fsp3) is 0.0667. The van der Waals surface area contributed by atoms with Gasteiger partial charge in [-0.1, -0.05) is 16.8 Å². The minimum absolute atomic E-state index is 0.246. The second-order valence-corrected chi connectivity index (χ2v) is 4.63. The highest BCUT2D eigenvalue weighted by molar-refractivity contribution is 6.30. The Morgan fingerprint density at radius 2 is 1.67 bits per heavy atom. The monoisotopic (exact) mass is 309 g/mol. The number of oxime groups is 1. The van der Waals surface area contributed by atoms with Gasteiger partial charge in [0, 0.05) is 10.6 Å². The van der Waals surface area contributed by atoms with Crippen molar-refractivity contribution in [1.82, 2.24) is 0 Å². The molecular formula is C15H10ClF2NO2. The molecular weight excluding hydrogens is 300 g/mol. The van der Waals surface area contributed by atoms with Crippen LogP contribution in [0.2, 0.25) is 5.02 Å². The summed E-state index contributed by atoms with van der Waals surface area (Å²) in [4.78, 5) is 16.5. The lowest BCUT2D eigenvalue weighted by Crippen LogP contribution is -2.04. The second kappa shape index (κ2) is 6.45. The van der Waals surface area contributed by atoms with E-state index in [4.69, 9.17) is 16.4 Å². The molecule has 0 bridgehead atoms. The van der Waals surface area contributed by atoms with Crippen molar-refractivity contribution in [3.63, 3.8) is 0 Å². The van der Waals surface area contributed by atoms with E-state index in [1.54, 1.807) is 12.1 Å². The number of carbonyl (C=O) groups excluding carboxylic acids is 1. The van der Waals surface area contributed by atoms with Crippen molar-refractivity contribution in [3.05, 3.63) is 70.2 Å². The van der Waals surface area contributed by atoms with Gasteiger partial charge in [-0.3, -0.25) is 0 Å². The van der Waals surface area contributed by atoms with E-state index in [1.165, 1.54) is 25.1 Å². The fourth-order valence-electron chi connectivity index (χ4n) is 1.52. The first-order valence-corrected chi connectivity index (χ1v) is 6.32. The summed E-state index contributed by atoms with van der Waals surface area (Å²) in [6.07, 6.45) is 0. The number of nitrogens with zero attached hydrogens (tertiary/aromatic N) is 1. The van der Waals surface area contributed by atoms with E-state index >= 15 is 0 Å². The third-order valence-electron chi connectivity index (χ3n) is 2.68. The number of hydrogen-bond donors (Lipinski definition) is 0. The molecule has 0 atom stereocenters. The van der Waals surface area contributed by atoms with Gasteiger partial charge in [0.2, 0.25) is 0 Å². The van der Waals surface area contributed by atoms with Crippen LogP contribution in [0.4, 0.5) is 8.78 Å². The van der Waals surface area contributed by atoms with Gasteiger partial charge < -0.3 is 4.84 Å². The Hall–Kier alpha value is -2.27. The average molecular weight is 310 g/mol. The molecule has 6 heteroatoms. The Labute approximate surface area is 124 Å². The highest BCUT2D eigenvalue weighted by atomic mass is 35.5. The predicted molar refractivity (Wildman–Crippen MR) is 75.4 cm³/mol. The molecule has 3 nitrogen and oxygen atoms in total. The quantitative estimate of drug-likeness (QED) is 0.484. The fourth-order valence-corrected chi connectivity index (χ4v) is 1.65. The van der Waals surface area contributed by atoms with Crippen LogP contribution in [0.15, 0.2) is 47.6 Å². The smallest absolute Gasteiger partial charge is 0.313 e. The van der Waals surface area contributed by atoms with E-state index in [2.05, 4.69) is 5.16 Å². The molecule has 0 heterocycles. The van der Waals surface area contributed by atoms with E-state index in [1.807, 2.05) is 0 Å². The maximum absolute atomic E-state index is 13.1. The van der Waals surface area contributed by atoms with Crippen LogP contribution in [0.5, 0.6) is 0 Å². The van der Waals surface area contributed by atoms with Crippen molar-refractivity contribution < 1.29 is 18.4 Å². The minimum atomic E-state index is -0.994. The molecule has 2 rings (SSSR count). The molecule has 0 aromatic heterocycles. The van der Waals surface area contributed by atoms with E-state index in [0.717, 1.165) is 12.1 Å². The maximum atomic E-state index is 13.1. The third kappa shape index (κ3) is 3.86. The molecule has 0 fully saturated rings. The summed E-state index contributed by atoms with van der Waals surface area (Å²) < 4.78 is 25.9. The second-order valence-electron chi connectivity index (χ2n) is 4.19. The summed E-state index contributed by atoms with van der Waals surface area (Å²) in [6.45, 7) is 1.52. The van der Waals surface area contributed by atoms with Gasteiger partial charge in [0.05, 0.1) is 11.3 Å². The Balaban J connectivity index is 2.10. The molecule has 0 aliphatic heterocycles. The molecule has 0 saturated heterocycles. The SMILES string of the molecule is CC(=NOC(=O)c1ccc(Cl)cc1)c1ccc(F)c(F)c1. The molecule has 2 aromatic rings. The first-order valence-electron chi connectivity index (χ1n) is 5.94. The van der Waals surface area contributed by atoms with Crippen LogP contribution in [-0.2, 0) is 4.84 Å². The summed E-state index contributed by atoms with van der Waals surface area (Å²) in [6, 6.07) is 9.37. The van der Waals surface area contributed by atoms with Crippen molar-refractivity contribution in [1.29, 1.82) is 0 Å². The molecule has 0 aliphatic rings. The van der Waals surface area contributed by atoms with Crippen LogP contribution in [0, 0.1) is 11.6 Å². The summed E-state index contributed by atoms with van der Waals surface area (Å²) >= 11 is 5.71. The largest absolute Gasteiger partial charge is 0.365 e. The van der Waals surface area contributed by atoms with E-state index in [9.17, 15) is 13.6 Å². The van der Waals surface area contributed by atoms with Gasteiger partial charge in [0.15, 0.2) is 11.6 Å². The van der Waals surface area contributed by atoms with Crippen LogP contribution in [-0.4, -0.2) is 11.7 Å². The highest BCUT2D eigenvalue weighted by Gasteiger charge is 2.09. The van der Waals surface area contributed by atoms with E-state index < -0.39 is 17.6 Å². The lowest BCUT2D eigenvalue weighted by Gasteiger charge is -2.02. The van der Waals surface area contributed by atoms with Crippen LogP contribution in [0.1, 0.15) is 22.8 Å². The minimum Gasteiger partial charge on any atom is -0.313 e. The van der Waals surface area contributed by atoms with Crippen molar-refractivity contribution >= 4 is 23.3 Å². The Bertz CT molecular complexity index is 699. The lowest BCUT2D eigenvalue weighted by atomic mass is 10.1. The van der Waals surface area contributed by atoms with Gasteiger partial charge in [0.1, 0.15) is 0 Å². The maximum Gasteiger partial charge on any atom is 0.365 e. The van der Waals surface area contributed by atoms with Crippen LogP contribution in [0.25, 0.3) is 0 Å². The molecule has 0 N–H and O–H groups in total. The van der Waals surface area contributed by atoms with Gasteiger partial charge in [-0.2, -0.15) is 0 Å². The zero-order valence-electron chi connectivity index (χ0n) is 10.9. The molecule has 0 saturated carbocycles. The summed E-state index contributed by atoms with van der Waals surface area (Å²) in [5.41, 5.74) is 0.843. The van der Waals surface area contributed by atoms with Crippen molar-refractivity contribution in [3.8, 4) is 0 Å². The van der Waals surface area contributed by atoms with Gasteiger partial charge >= 0.3 is 5.97 Å². The molecule has 2 aromatic carbocycles. The van der Waals surface area contributed by atoms with E-state index in [0.29, 0.717) is 10.6 Å². The average Bonchev–Trinajstić information content (AvgIpc) is 2.48. The lowest BCUT2D eigenvalue weighted by molar-refractivity contribution is 0.0516. The molecule has 0 spiro atoms. The summed E-state index contributed by atoms with van der Waals surface area (Å²) in [7, 11) is 0. The number of halogens is 3. The van der Waals surface area contributed by atoms with Crippen molar-refractivity contribution in [2.45, 2.75) is 6.92 Å². The first-order chi connectivity index (χ1) is 9.97. The van der Waals surface area contributed by atoms with Gasteiger partial charge in [-0.25, -0.2) is 13.6 Å². The molecule has 108 valence electrons. The standard InChI is InChI=1S/C15H10ClF2NO2/c1-9(11-4-7-13(17)14(18)8-11)19-21-15(20)10-2-5-12(16)6-3-10/h2-8H,1H3. The topological polar surface area (TPSA) is 38.7 Å². The van der Waals surface area contributed by atoms with Crippen LogP contribution < -0.4 is 0 Å². The van der Waals surface area contributed by atoms with Gasteiger partial charge in [-0.15, -0.1) is 0 Å². The summed E-state index contributed by atoms with van der Waals surface area (Å²) in [5, 5.41) is 4.10. The van der Waals surface area contributed by atoms with Crippen LogP contribution >= 0.6 is 11.6 Å². The number of benzene rings is 2. The number of hydrogen-bond acceptors (Lipinski definition) is 3. The molecule has 21 heavy (non-hydrogen) atoms. The van der Waals surface area contributed by atoms with Gasteiger partial charge in [-0.05, 0) is 49.4 Å². The first kappa shape index (κ1) is 15.1. The third-order valence-corrected chi connectivity index (χ3v) is 2.93. The summed E-state index contributed by atoms with van der Waals surface area (Å²) in [5.74, 6) is -2.62. The highest BCUT2D eigenvalue weighted by Crippen LogP contribution is 2.12. The molecule has 0 aliphatic carbocycles. The Morgan fingerprint density at radius 1 is 1.05 bits per heavy atom.